The van der Waals surface area contributed by atoms with Crippen LogP contribution in [-0.4, -0.2) is 32.7 Å². The summed E-state index contributed by atoms with van der Waals surface area (Å²) in [6, 6.07) is 5.05. The van der Waals surface area contributed by atoms with Crippen LogP contribution >= 0.6 is 0 Å². The maximum Gasteiger partial charge on any atom is 0.255 e. The Morgan fingerprint density at radius 1 is 1.39 bits per heavy atom. The van der Waals surface area contributed by atoms with Gasteiger partial charge in [0.15, 0.2) is 0 Å². The Bertz CT molecular complexity index is 403. The van der Waals surface area contributed by atoms with Crippen LogP contribution in [0.15, 0.2) is 18.2 Å². The number of ether oxygens (including phenoxy) is 2. The van der Waals surface area contributed by atoms with Gasteiger partial charge in [-0.15, -0.1) is 0 Å². The second kappa shape index (κ2) is 6.86. The number of benzene rings is 1. The molecule has 1 aromatic rings. The number of nitrogens with two attached hydrogens (primary N) is 1. The lowest BCUT2D eigenvalue weighted by molar-refractivity contribution is 0.0934. The number of rotatable bonds is 6. The van der Waals surface area contributed by atoms with Crippen molar-refractivity contribution in [2.75, 3.05) is 20.8 Å². The van der Waals surface area contributed by atoms with Crippen molar-refractivity contribution < 1.29 is 14.3 Å². The number of nitrogens with one attached hydrogen (secondary N) is 1. The van der Waals surface area contributed by atoms with Gasteiger partial charge in [0.25, 0.3) is 5.91 Å². The summed E-state index contributed by atoms with van der Waals surface area (Å²) in [6.45, 7) is 2.39. The topological polar surface area (TPSA) is 73.6 Å². The molecular weight excluding hydrogens is 232 g/mol. The first kappa shape index (κ1) is 14.3. The van der Waals surface area contributed by atoms with E-state index in [9.17, 15) is 4.79 Å². The smallest absolute Gasteiger partial charge is 0.255 e. The molecule has 1 rings (SSSR count). The molecule has 18 heavy (non-hydrogen) atoms. The molecule has 0 aliphatic carbocycles. The Hall–Kier alpha value is -1.75. The van der Waals surface area contributed by atoms with Gasteiger partial charge in [-0.2, -0.15) is 0 Å². The molecule has 0 spiro atoms. The molecule has 1 atom stereocenters. The van der Waals surface area contributed by atoms with Crippen molar-refractivity contribution in [3.8, 4) is 11.5 Å². The van der Waals surface area contributed by atoms with Crippen LogP contribution in [0.1, 0.15) is 23.7 Å². The Kier molecular flexibility index (Phi) is 5.45. The molecule has 0 bridgehead atoms. The minimum Gasteiger partial charge on any atom is -0.497 e. The molecule has 1 amide bonds. The first-order valence-electron chi connectivity index (χ1n) is 5.89. The van der Waals surface area contributed by atoms with Crippen LogP contribution in [0.2, 0.25) is 0 Å². The van der Waals surface area contributed by atoms with Gasteiger partial charge in [-0.05, 0) is 18.6 Å². The molecule has 0 radical (unpaired) electrons. The zero-order valence-electron chi connectivity index (χ0n) is 11.0. The minimum absolute atomic E-state index is 0.0238. The fourth-order valence-corrected chi connectivity index (χ4v) is 1.58. The molecule has 0 heterocycles. The Balaban J connectivity index is 2.91. The number of carbonyl (C=O) groups excluding carboxylic acids is 1. The van der Waals surface area contributed by atoms with Crippen molar-refractivity contribution in [3.63, 3.8) is 0 Å². The van der Waals surface area contributed by atoms with Crippen molar-refractivity contribution in [2.24, 2.45) is 5.73 Å². The van der Waals surface area contributed by atoms with Gasteiger partial charge >= 0.3 is 0 Å². The van der Waals surface area contributed by atoms with Crippen molar-refractivity contribution in [1.29, 1.82) is 0 Å². The van der Waals surface area contributed by atoms with Crippen molar-refractivity contribution in [3.05, 3.63) is 23.8 Å². The maximum atomic E-state index is 12.1. The standard InChI is InChI=1S/C13H20N2O3/c1-4-9(8-14)15-13(16)11-6-5-10(17-2)7-12(11)18-3/h5-7,9H,4,8,14H2,1-3H3,(H,15,16). The van der Waals surface area contributed by atoms with Gasteiger partial charge in [0, 0.05) is 18.7 Å². The SMILES string of the molecule is CCC(CN)NC(=O)c1ccc(OC)cc1OC. The van der Waals surface area contributed by atoms with Gasteiger partial charge in [0.2, 0.25) is 0 Å². The van der Waals surface area contributed by atoms with Crippen LogP contribution < -0.4 is 20.5 Å². The van der Waals surface area contributed by atoms with E-state index >= 15 is 0 Å². The number of hydrogen-bond acceptors (Lipinski definition) is 4. The highest BCUT2D eigenvalue weighted by atomic mass is 16.5. The van der Waals surface area contributed by atoms with Gasteiger partial charge in [-0.1, -0.05) is 6.92 Å². The number of methoxy groups -OCH3 is 2. The molecule has 5 heteroatoms. The zero-order valence-corrected chi connectivity index (χ0v) is 11.0. The predicted octanol–water partition coefficient (Wildman–Crippen LogP) is 1.17. The fraction of sp³-hybridized carbons (Fsp3) is 0.462. The Labute approximate surface area is 107 Å². The van der Waals surface area contributed by atoms with E-state index < -0.39 is 0 Å². The van der Waals surface area contributed by atoms with Gasteiger partial charge in [0.05, 0.1) is 19.8 Å². The number of hydrogen-bond donors (Lipinski definition) is 2. The lowest BCUT2D eigenvalue weighted by Gasteiger charge is -2.16. The van der Waals surface area contributed by atoms with Crippen LogP contribution in [0.25, 0.3) is 0 Å². The molecular formula is C13H20N2O3. The molecule has 3 N–H and O–H groups in total. The van der Waals surface area contributed by atoms with Crippen LogP contribution in [0, 0.1) is 0 Å². The lowest BCUT2D eigenvalue weighted by atomic mass is 10.1. The average molecular weight is 252 g/mol. The fourth-order valence-electron chi connectivity index (χ4n) is 1.58. The van der Waals surface area contributed by atoms with Crippen LogP contribution in [0.4, 0.5) is 0 Å². The van der Waals surface area contributed by atoms with Crippen LogP contribution in [0.3, 0.4) is 0 Å². The maximum absolute atomic E-state index is 12.1. The third-order valence-electron chi connectivity index (χ3n) is 2.77. The lowest BCUT2D eigenvalue weighted by Crippen LogP contribution is -2.39. The Morgan fingerprint density at radius 3 is 2.61 bits per heavy atom. The normalized spacial score (nSPS) is 11.8. The van der Waals surface area contributed by atoms with E-state index in [0.29, 0.717) is 23.6 Å². The zero-order chi connectivity index (χ0) is 13.5. The van der Waals surface area contributed by atoms with Crippen molar-refractivity contribution in [1.82, 2.24) is 5.32 Å². The second-order valence-electron chi connectivity index (χ2n) is 3.88. The largest absolute Gasteiger partial charge is 0.497 e. The third kappa shape index (κ3) is 3.37. The summed E-state index contributed by atoms with van der Waals surface area (Å²) in [5, 5.41) is 2.86. The van der Waals surface area contributed by atoms with E-state index in [4.69, 9.17) is 15.2 Å². The summed E-state index contributed by atoms with van der Waals surface area (Å²) in [4.78, 5) is 12.1. The third-order valence-corrected chi connectivity index (χ3v) is 2.77. The summed E-state index contributed by atoms with van der Waals surface area (Å²) in [6.07, 6.45) is 0.792. The minimum atomic E-state index is -0.188. The number of amides is 1. The number of carbonyl (C=O) groups is 1. The summed E-state index contributed by atoms with van der Waals surface area (Å²) in [5.41, 5.74) is 6.04. The van der Waals surface area contributed by atoms with Gasteiger partial charge in [-0.25, -0.2) is 0 Å². The summed E-state index contributed by atoms with van der Waals surface area (Å²) in [7, 11) is 3.09. The molecule has 0 saturated carbocycles. The van der Waals surface area contributed by atoms with E-state index in [1.165, 1.54) is 7.11 Å². The van der Waals surface area contributed by atoms with Gasteiger partial charge in [-0.3, -0.25) is 4.79 Å². The molecule has 1 aromatic carbocycles. The van der Waals surface area contributed by atoms with E-state index in [2.05, 4.69) is 5.32 Å². The average Bonchev–Trinajstić information content (AvgIpc) is 2.43. The van der Waals surface area contributed by atoms with Gasteiger partial charge < -0.3 is 20.5 Å². The molecule has 5 nitrogen and oxygen atoms in total. The molecule has 0 fully saturated rings. The summed E-state index contributed by atoms with van der Waals surface area (Å²) >= 11 is 0. The molecule has 100 valence electrons. The quantitative estimate of drug-likeness (QED) is 0.797. The van der Waals surface area contributed by atoms with Crippen LogP contribution in [-0.2, 0) is 0 Å². The molecule has 0 aromatic heterocycles. The Morgan fingerprint density at radius 2 is 2.11 bits per heavy atom. The van der Waals surface area contributed by atoms with Gasteiger partial charge in [0.1, 0.15) is 11.5 Å². The second-order valence-corrected chi connectivity index (χ2v) is 3.88. The first-order chi connectivity index (χ1) is 8.65. The van der Waals surface area contributed by atoms with E-state index in [0.717, 1.165) is 6.42 Å². The molecule has 0 saturated heterocycles. The highest BCUT2D eigenvalue weighted by molar-refractivity contribution is 5.97. The van der Waals surface area contributed by atoms with E-state index in [-0.39, 0.29) is 11.9 Å². The predicted molar refractivity (Wildman–Crippen MR) is 70.1 cm³/mol. The van der Waals surface area contributed by atoms with E-state index in [1.807, 2.05) is 6.92 Å². The molecule has 1 unspecified atom stereocenters. The monoisotopic (exact) mass is 252 g/mol. The summed E-state index contributed by atoms with van der Waals surface area (Å²) < 4.78 is 10.3. The highest BCUT2D eigenvalue weighted by Crippen LogP contribution is 2.24. The molecule has 0 aliphatic rings. The van der Waals surface area contributed by atoms with Crippen molar-refractivity contribution >= 4 is 5.91 Å². The summed E-state index contributed by atoms with van der Waals surface area (Å²) in [5.74, 6) is 0.944. The first-order valence-corrected chi connectivity index (χ1v) is 5.89. The molecule has 0 aliphatic heterocycles. The highest BCUT2D eigenvalue weighted by Gasteiger charge is 2.15. The van der Waals surface area contributed by atoms with Crippen LogP contribution in [0.5, 0.6) is 11.5 Å². The van der Waals surface area contributed by atoms with Crippen molar-refractivity contribution in [2.45, 2.75) is 19.4 Å². The van der Waals surface area contributed by atoms with E-state index in [1.54, 1.807) is 25.3 Å².